The van der Waals surface area contributed by atoms with E-state index in [-0.39, 0.29) is 17.9 Å². The summed E-state index contributed by atoms with van der Waals surface area (Å²) in [4.78, 5) is 24.4. The molecule has 1 unspecified atom stereocenters. The zero-order valence-corrected chi connectivity index (χ0v) is 14.7. The molecule has 1 aliphatic rings. The van der Waals surface area contributed by atoms with Crippen molar-refractivity contribution < 1.29 is 9.59 Å². The molecule has 1 aromatic rings. The lowest BCUT2D eigenvalue weighted by Crippen LogP contribution is -2.36. The highest BCUT2D eigenvalue weighted by atomic mass is 16.2. The number of rotatable bonds is 6. The van der Waals surface area contributed by atoms with Gasteiger partial charge in [0, 0.05) is 17.3 Å². The number of amides is 2. The fraction of sp³-hybridized carbons (Fsp3) is 0.579. The molecule has 1 saturated carbocycles. The van der Waals surface area contributed by atoms with Crippen molar-refractivity contribution in [2.45, 2.75) is 70.9 Å². The standard InChI is InChI=1S/C19H29N3O2/c1-3-7-16(20)19(24)22-17-11-10-14(12-13(17)2)18(23)21-15-8-5-4-6-9-15/h10-12,15-16H,3-9,20H2,1-2H3,(H,21,23)(H,22,24). The third kappa shape index (κ3) is 5.06. The van der Waals surface area contributed by atoms with Crippen molar-refractivity contribution in [3.05, 3.63) is 29.3 Å². The van der Waals surface area contributed by atoms with Gasteiger partial charge in [-0.25, -0.2) is 0 Å². The minimum atomic E-state index is -0.497. The molecule has 1 aliphatic carbocycles. The smallest absolute Gasteiger partial charge is 0.251 e. The van der Waals surface area contributed by atoms with Crippen LogP contribution in [0, 0.1) is 6.92 Å². The Kier molecular flexibility index (Phi) is 6.79. The van der Waals surface area contributed by atoms with E-state index in [1.165, 1.54) is 19.3 Å². The van der Waals surface area contributed by atoms with Crippen LogP contribution >= 0.6 is 0 Å². The molecular weight excluding hydrogens is 302 g/mol. The number of benzene rings is 1. The summed E-state index contributed by atoms with van der Waals surface area (Å²) in [5, 5.41) is 5.96. The molecule has 5 nitrogen and oxygen atoms in total. The molecule has 0 spiro atoms. The van der Waals surface area contributed by atoms with Gasteiger partial charge in [-0.05, 0) is 49.9 Å². The molecule has 1 fully saturated rings. The van der Waals surface area contributed by atoms with Gasteiger partial charge in [0.05, 0.1) is 6.04 Å². The summed E-state index contributed by atoms with van der Waals surface area (Å²) >= 11 is 0. The molecule has 2 rings (SSSR count). The minimum Gasteiger partial charge on any atom is -0.349 e. The second-order valence-electron chi connectivity index (χ2n) is 6.72. The number of nitrogens with two attached hydrogens (primary N) is 1. The van der Waals surface area contributed by atoms with Gasteiger partial charge in [-0.1, -0.05) is 32.6 Å². The van der Waals surface area contributed by atoms with Gasteiger partial charge in [0.15, 0.2) is 0 Å². The highest BCUT2D eigenvalue weighted by Gasteiger charge is 2.18. The quantitative estimate of drug-likeness (QED) is 0.749. The van der Waals surface area contributed by atoms with Gasteiger partial charge in [-0.2, -0.15) is 0 Å². The van der Waals surface area contributed by atoms with Crippen molar-refractivity contribution >= 4 is 17.5 Å². The summed E-state index contributed by atoms with van der Waals surface area (Å²) in [6, 6.07) is 5.15. The molecule has 2 amide bonds. The Hall–Kier alpha value is -1.88. The van der Waals surface area contributed by atoms with Crippen molar-refractivity contribution in [2.24, 2.45) is 5.73 Å². The van der Waals surface area contributed by atoms with Crippen LogP contribution in [0.15, 0.2) is 18.2 Å². The zero-order chi connectivity index (χ0) is 17.5. The first-order valence-corrected chi connectivity index (χ1v) is 8.99. The fourth-order valence-corrected chi connectivity index (χ4v) is 3.13. The molecule has 0 bridgehead atoms. The van der Waals surface area contributed by atoms with E-state index >= 15 is 0 Å². The zero-order valence-electron chi connectivity index (χ0n) is 14.7. The van der Waals surface area contributed by atoms with E-state index < -0.39 is 6.04 Å². The second-order valence-corrected chi connectivity index (χ2v) is 6.72. The Morgan fingerprint density at radius 3 is 2.58 bits per heavy atom. The van der Waals surface area contributed by atoms with Crippen molar-refractivity contribution in [1.82, 2.24) is 5.32 Å². The Bertz CT molecular complexity index is 580. The van der Waals surface area contributed by atoms with Crippen LogP contribution in [0.5, 0.6) is 0 Å². The summed E-state index contributed by atoms with van der Waals surface area (Å²) in [6.07, 6.45) is 7.29. The first-order valence-electron chi connectivity index (χ1n) is 8.99. The molecular formula is C19H29N3O2. The predicted octanol–water partition coefficient (Wildman–Crippen LogP) is 3.12. The molecule has 0 aliphatic heterocycles. The van der Waals surface area contributed by atoms with Crippen molar-refractivity contribution in [1.29, 1.82) is 0 Å². The van der Waals surface area contributed by atoms with Crippen LogP contribution in [-0.4, -0.2) is 23.9 Å². The third-order valence-electron chi connectivity index (χ3n) is 4.62. The minimum absolute atomic E-state index is 0.0365. The maximum atomic E-state index is 12.4. The van der Waals surface area contributed by atoms with E-state index in [0.717, 1.165) is 24.8 Å². The normalized spacial score (nSPS) is 16.5. The fourth-order valence-electron chi connectivity index (χ4n) is 3.13. The van der Waals surface area contributed by atoms with Gasteiger partial charge in [-0.3, -0.25) is 9.59 Å². The average molecular weight is 331 g/mol. The molecule has 0 aromatic heterocycles. The van der Waals surface area contributed by atoms with Crippen molar-refractivity contribution in [3.63, 3.8) is 0 Å². The Labute approximate surface area is 144 Å². The van der Waals surface area contributed by atoms with Crippen LogP contribution in [0.2, 0.25) is 0 Å². The highest BCUT2D eigenvalue weighted by molar-refractivity contribution is 5.98. The SMILES string of the molecule is CCCC(N)C(=O)Nc1ccc(C(=O)NC2CCCCC2)cc1C. The van der Waals surface area contributed by atoms with Gasteiger partial charge in [0.25, 0.3) is 5.91 Å². The molecule has 5 heteroatoms. The summed E-state index contributed by atoms with van der Waals surface area (Å²) in [6.45, 7) is 3.89. The molecule has 1 aromatic carbocycles. The van der Waals surface area contributed by atoms with Crippen LogP contribution in [-0.2, 0) is 4.79 Å². The average Bonchev–Trinajstić information content (AvgIpc) is 2.57. The van der Waals surface area contributed by atoms with E-state index in [0.29, 0.717) is 17.7 Å². The molecule has 1 atom stereocenters. The Morgan fingerprint density at radius 2 is 1.96 bits per heavy atom. The van der Waals surface area contributed by atoms with Crippen molar-refractivity contribution in [3.8, 4) is 0 Å². The van der Waals surface area contributed by atoms with E-state index in [1.54, 1.807) is 12.1 Å². The van der Waals surface area contributed by atoms with Crippen LogP contribution in [0.25, 0.3) is 0 Å². The topological polar surface area (TPSA) is 84.2 Å². The van der Waals surface area contributed by atoms with Gasteiger partial charge in [0.1, 0.15) is 0 Å². The second kappa shape index (κ2) is 8.83. The van der Waals surface area contributed by atoms with Gasteiger partial charge in [-0.15, -0.1) is 0 Å². The maximum Gasteiger partial charge on any atom is 0.251 e. The monoisotopic (exact) mass is 331 g/mol. The Morgan fingerprint density at radius 1 is 1.25 bits per heavy atom. The van der Waals surface area contributed by atoms with Gasteiger partial charge < -0.3 is 16.4 Å². The Balaban J connectivity index is 1.98. The first-order chi connectivity index (χ1) is 11.5. The molecule has 24 heavy (non-hydrogen) atoms. The van der Waals surface area contributed by atoms with E-state index in [2.05, 4.69) is 10.6 Å². The lowest BCUT2D eigenvalue weighted by molar-refractivity contribution is -0.117. The van der Waals surface area contributed by atoms with Crippen LogP contribution in [0.3, 0.4) is 0 Å². The molecule has 0 saturated heterocycles. The molecule has 132 valence electrons. The summed E-state index contributed by atoms with van der Waals surface area (Å²) < 4.78 is 0. The summed E-state index contributed by atoms with van der Waals surface area (Å²) in [5.74, 6) is -0.218. The molecule has 4 N–H and O–H groups in total. The lowest BCUT2D eigenvalue weighted by atomic mass is 9.95. The van der Waals surface area contributed by atoms with Crippen LogP contribution < -0.4 is 16.4 Å². The van der Waals surface area contributed by atoms with Gasteiger partial charge >= 0.3 is 0 Å². The van der Waals surface area contributed by atoms with E-state index in [4.69, 9.17) is 5.73 Å². The largest absolute Gasteiger partial charge is 0.349 e. The molecule has 0 radical (unpaired) electrons. The van der Waals surface area contributed by atoms with Crippen LogP contribution in [0.1, 0.15) is 67.8 Å². The number of hydrogen-bond donors (Lipinski definition) is 3. The van der Waals surface area contributed by atoms with Crippen molar-refractivity contribution in [2.75, 3.05) is 5.32 Å². The van der Waals surface area contributed by atoms with Gasteiger partial charge in [0.2, 0.25) is 5.91 Å². The van der Waals surface area contributed by atoms with E-state index in [9.17, 15) is 9.59 Å². The third-order valence-corrected chi connectivity index (χ3v) is 4.62. The number of nitrogens with one attached hydrogen (secondary N) is 2. The number of carbonyl (C=O) groups excluding carboxylic acids is 2. The van der Waals surface area contributed by atoms with E-state index in [1.807, 2.05) is 19.9 Å². The molecule has 0 heterocycles. The maximum absolute atomic E-state index is 12.4. The highest BCUT2D eigenvalue weighted by Crippen LogP contribution is 2.20. The summed E-state index contributed by atoms with van der Waals surface area (Å²) in [7, 11) is 0. The number of aryl methyl sites for hydroxylation is 1. The first kappa shape index (κ1) is 18.5. The number of hydrogen-bond acceptors (Lipinski definition) is 3. The van der Waals surface area contributed by atoms with Crippen LogP contribution in [0.4, 0.5) is 5.69 Å². The summed E-state index contributed by atoms with van der Waals surface area (Å²) in [5.41, 5.74) is 8.04. The predicted molar refractivity (Wildman–Crippen MR) is 97.0 cm³/mol. The number of anilines is 1. The lowest BCUT2D eigenvalue weighted by Gasteiger charge is -2.23. The number of carbonyl (C=O) groups is 2.